The number of hydrogen-bond acceptors (Lipinski definition) is 4. The van der Waals surface area contributed by atoms with Crippen molar-refractivity contribution in [3.8, 4) is 0 Å². The van der Waals surface area contributed by atoms with Crippen molar-refractivity contribution < 1.29 is 14.3 Å². The molecule has 0 spiro atoms. The van der Waals surface area contributed by atoms with Crippen molar-refractivity contribution in [2.45, 2.75) is 19.3 Å². The van der Waals surface area contributed by atoms with Gasteiger partial charge in [0.05, 0.1) is 23.4 Å². The standard InChI is InChI=1S/C15H19ClN2O3/c1-21-15(20)11-2-3-12(16)13(9-11)18-14(19)8-10-4-6-17-7-5-10/h2-3,9-10,17H,4-8H2,1H3,(H,18,19). The van der Waals surface area contributed by atoms with Crippen LogP contribution in [0.25, 0.3) is 0 Å². The van der Waals surface area contributed by atoms with Gasteiger partial charge in [0.2, 0.25) is 5.91 Å². The van der Waals surface area contributed by atoms with Crippen LogP contribution in [0.15, 0.2) is 18.2 Å². The number of methoxy groups -OCH3 is 1. The third kappa shape index (κ3) is 4.44. The van der Waals surface area contributed by atoms with E-state index in [1.165, 1.54) is 13.2 Å². The van der Waals surface area contributed by atoms with Gasteiger partial charge >= 0.3 is 5.97 Å². The second-order valence-corrected chi connectivity index (χ2v) is 5.54. The molecule has 0 saturated carbocycles. The van der Waals surface area contributed by atoms with Crippen LogP contribution in [-0.4, -0.2) is 32.1 Å². The van der Waals surface area contributed by atoms with E-state index in [4.69, 9.17) is 11.6 Å². The molecule has 0 aromatic heterocycles. The van der Waals surface area contributed by atoms with Crippen LogP contribution >= 0.6 is 11.6 Å². The fraction of sp³-hybridized carbons (Fsp3) is 0.467. The van der Waals surface area contributed by atoms with E-state index in [1.54, 1.807) is 12.1 Å². The predicted octanol–water partition coefficient (Wildman–Crippen LogP) is 2.45. The van der Waals surface area contributed by atoms with Crippen LogP contribution in [0.4, 0.5) is 5.69 Å². The van der Waals surface area contributed by atoms with Gasteiger partial charge < -0.3 is 15.4 Å². The van der Waals surface area contributed by atoms with E-state index in [0.717, 1.165) is 25.9 Å². The number of esters is 1. The van der Waals surface area contributed by atoms with Crippen molar-refractivity contribution in [1.82, 2.24) is 5.32 Å². The molecule has 6 heteroatoms. The quantitative estimate of drug-likeness (QED) is 0.838. The normalized spacial score (nSPS) is 15.5. The van der Waals surface area contributed by atoms with Gasteiger partial charge in [0.15, 0.2) is 0 Å². The molecule has 1 saturated heterocycles. The Morgan fingerprint density at radius 3 is 2.76 bits per heavy atom. The van der Waals surface area contributed by atoms with E-state index in [2.05, 4.69) is 15.4 Å². The van der Waals surface area contributed by atoms with Crippen LogP contribution in [0.1, 0.15) is 29.6 Å². The maximum absolute atomic E-state index is 12.1. The minimum atomic E-state index is -0.458. The molecule has 1 aliphatic rings. The summed E-state index contributed by atoms with van der Waals surface area (Å²) in [5.41, 5.74) is 0.803. The number of carbonyl (C=O) groups is 2. The van der Waals surface area contributed by atoms with E-state index < -0.39 is 5.97 Å². The average Bonchev–Trinajstić information content (AvgIpc) is 2.49. The topological polar surface area (TPSA) is 67.4 Å². The Morgan fingerprint density at radius 1 is 1.38 bits per heavy atom. The van der Waals surface area contributed by atoms with Crippen molar-refractivity contribution in [1.29, 1.82) is 0 Å². The summed E-state index contributed by atoms with van der Waals surface area (Å²) in [5.74, 6) is -0.139. The molecule has 0 unspecified atom stereocenters. The number of nitrogens with one attached hydrogen (secondary N) is 2. The summed E-state index contributed by atoms with van der Waals surface area (Å²) >= 11 is 6.05. The van der Waals surface area contributed by atoms with Gasteiger partial charge in [0, 0.05) is 6.42 Å². The minimum Gasteiger partial charge on any atom is -0.465 e. The maximum atomic E-state index is 12.1. The lowest BCUT2D eigenvalue weighted by Crippen LogP contribution is -2.30. The number of amides is 1. The van der Waals surface area contributed by atoms with Gasteiger partial charge in [0.1, 0.15) is 0 Å². The van der Waals surface area contributed by atoms with Crippen molar-refractivity contribution in [2.75, 3.05) is 25.5 Å². The second-order valence-electron chi connectivity index (χ2n) is 5.13. The Balaban J connectivity index is 2.00. The number of carbonyl (C=O) groups excluding carboxylic acids is 2. The molecule has 0 radical (unpaired) electrons. The van der Waals surface area contributed by atoms with E-state index in [-0.39, 0.29) is 5.91 Å². The molecular weight excluding hydrogens is 292 g/mol. The van der Waals surface area contributed by atoms with Gasteiger partial charge in [-0.05, 0) is 50.0 Å². The number of ether oxygens (including phenoxy) is 1. The van der Waals surface area contributed by atoms with Gasteiger partial charge in [-0.3, -0.25) is 4.79 Å². The van der Waals surface area contributed by atoms with Crippen LogP contribution in [0.3, 0.4) is 0 Å². The lowest BCUT2D eigenvalue weighted by Gasteiger charge is -2.22. The Morgan fingerprint density at radius 2 is 2.10 bits per heavy atom. The highest BCUT2D eigenvalue weighted by Crippen LogP contribution is 2.24. The first-order valence-electron chi connectivity index (χ1n) is 6.98. The van der Waals surface area contributed by atoms with Crippen LogP contribution in [0.2, 0.25) is 5.02 Å². The Kier molecular flexibility index (Phi) is 5.59. The molecule has 5 nitrogen and oxygen atoms in total. The maximum Gasteiger partial charge on any atom is 0.337 e. The first-order chi connectivity index (χ1) is 10.1. The van der Waals surface area contributed by atoms with Crippen LogP contribution in [0, 0.1) is 5.92 Å². The van der Waals surface area contributed by atoms with Crippen molar-refractivity contribution in [3.05, 3.63) is 28.8 Å². The zero-order chi connectivity index (χ0) is 15.2. The Labute approximate surface area is 129 Å². The molecule has 2 N–H and O–H groups in total. The summed E-state index contributed by atoms with van der Waals surface area (Å²) < 4.78 is 4.66. The highest BCUT2D eigenvalue weighted by Gasteiger charge is 2.18. The summed E-state index contributed by atoms with van der Waals surface area (Å²) in [4.78, 5) is 23.6. The highest BCUT2D eigenvalue weighted by atomic mass is 35.5. The van der Waals surface area contributed by atoms with E-state index in [0.29, 0.717) is 28.6 Å². The number of halogens is 1. The molecule has 0 atom stereocenters. The van der Waals surface area contributed by atoms with Crippen LogP contribution < -0.4 is 10.6 Å². The van der Waals surface area contributed by atoms with E-state index >= 15 is 0 Å². The van der Waals surface area contributed by atoms with Crippen molar-refractivity contribution in [3.63, 3.8) is 0 Å². The summed E-state index contributed by atoms with van der Waals surface area (Å²) in [7, 11) is 1.31. The minimum absolute atomic E-state index is 0.0779. The molecule has 1 aliphatic heterocycles. The SMILES string of the molecule is COC(=O)c1ccc(Cl)c(NC(=O)CC2CCNCC2)c1. The summed E-state index contributed by atoms with van der Waals surface area (Å²) in [5, 5.41) is 6.45. The predicted molar refractivity (Wildman–Crippen MR) is 81.6 cm³/mol. The molecule has 1 aromatic rings. The molecule has 21 heavy (non-hydrogen) atoms. The van der Waals surface area contributed by atoms with Crippen molar-refractivity contribution >= 4 is 29.2 Å². The Hall–Kier alpha value is -1.59. The molecule has 1 heterocycles. The van der Waals surface area contributed by atoms with Crippen LogP contribution in [-0.2, 0) is 9.53 Å². The summed E-state index contributed by atoms with van der Waals surface area (Å²) in [6.45, 7) is 1.91. The first-order valence-corrected chi connectivity index (χ1v) is 7.36. The fourth-order valence-corrected chi connectivity index (χ4v) is 2.58. The van der Waals surface area contributed by atoms with Gasteiger partial charge in [-0.25, -0.2) is 4.79 Å². The lowest BCUT2D eigenvalue weighted by molar-refractivity contribution is -0.117. The second kappa shape index (κ2) is 7.43. The molecule has 114 valence electrons. The van der Waals surface area contributed by atoms with Gasteiger partial charge in [-0.1, -0.05) is 11.6 Å². The molecular formula is C15H19ClN2O3. The molecule has 1 amide bonds. The smallest absolute Gasteiger partial charge is 0.337 e. The third-order valence-electron chi connectivity index (χ3n) is 3.59. The highest BCUT2D eigenvalue weighted by molar-refractivity contribution is 6.33. The zero-order valence-corrected chi connectivity index (χ0v) is 12.7. The van der Waals surface area contributed by atoms with Gasteiger partial charge in [-0.15, -0.1) is 0 Å². The number of piperidine rings is 1. The number of anilines is 1. The van der Waals surface area contributed by atoms with Gasteiger partial charge in [0.25, 0.3) is 0 Å². The number of hydrogen-bond donors (Lipinski definition) is 2. The van der Waals surface area contributed by atoms with Crippen LogP contribution in [0.5, 0.6) is 0 Å². The molecule has 0 bridgehead atoms. The number of benzene rings is 1. The molecule has 1 fully saturated rings. The fourth-order valence-electron chi connectivity index (χ4n) is 2.42. The average molecular weight is 311 g/mol. The van der Waals surface area contributed by atoms with E-state index in [1.807, 2.05) is 0 Å². The summed E-state index contributed by atoms with van der Waals surface area (Å²) in [6, 6.07) is 4.68. The lowest BCUT2D eigenvalue weighted by atomic mass is 9.94. The first kappa shape index (κ1) is 15.8. The zero-order valence-electron chi connectivity index (χ0n) is 11.9. The monoisotopic (exact) mass is 310 g/mol. The third-order valence-corrected chi connectivity index (χ3v) is 3.92. The van der Waals surface area contributed by atoms with Gasteiger partial charge in [-0.2, -0.15) is 0 Å². The van der Waals surface area contributed by atoms with E-state index in [9.17, 15) is 9.59 Å². The molecule has 1 aromatic carbocycles. The molecule has 0 aliphatic carbocycles. The largest absolute Gasteiger partial charge is 0.465 e. The molecule has 2 rings (SSSR count). The van der Waals surface area contributed by atoms with Crippen molar-refractivity contribution in [2.24, 2.45) is 5.92 Å². The summed E-state index contributed by atoms with van der Waals surface area (Å²) in [6.07, 6.45) is 2.48. The Bertz CT molecular complexity index is 528. The number of rotatable bonds is 4.